The number of benzene rings is 1. The lowest BCUT2D eigenvalue weighted by Gasteiger charge is -2.30. The van der Waals surface area contributed by atoms with Crippen molar-refractivity contribution in [2.75, 3.05) is 19.8 Å². The van der Waals surface area contributed by atoms with Crippen LogP contribution in [-0.4, -0.2) is 31.5 Å². The average Bonchev–Trinajstić information content (AvgIpc) is 2.32. The molecule has 1 fully saturated rings. The second-order valence-corrected chi connectivity index (χ2v) is 5.97. The van der Waals surface area contributed by atoms with Crippen molar-refractivity contribution >= 4 is 15.9 Å². The number of hydrogen-bond acceptors (Lipinski definition) is 2. The molecule has 100 valence electrons. The molecule has 18 heavy (non-hydrogen) atoms. The third kappa shape index (κ3) is 4.04. The molecule has 1 N–H and O–H groups in total. The second kappa shape index (κ2) is 6.13. The van der Waals surface area contributed by atoms with Gasteiger partial charge in [0.1, 0.15) is 5.67 Å². The Morgan fingerprint density at radius 1 is 1.50 bits per heavy atom. The highest BCUT2D eigenvalue weighted by Gasteiger charge is 2.29. The molecule has 0 aromatic heterocycles. The third-order valence-corrected chi connectivity index (χ3v) is 3.96. The Labute approximate surface area is 116 Å². The molecule has 2 rings (SSSR count). The van der Waals surface area contributed by atoms with Crippen molar-refractivity contribution in [2.24, 2.45) is 0 Å². The summed E-state index contributed by atoms with van der Waals surface area (Å²) < 4.78 is 21.0. The first-order valence-electron chi connectivity index (χ1n) is 6.30. The van der Waals surface area contributed by atoms with E-state index in [0.29, 0.717) is 19.4 Å². The van der Waals surface area contributed by atoms with Gasteiger partial charge in [-0.2, -0.15) is 0 Å². The van der Waals surface area contributed by atoms with Crippen molar-refractivity contribution in [1.82, 2.24) is 5.32 Å². The fraction of sp³-hybridized carbons (Fsp3) is 0.571. The summed E-state index contributed by atoms with van der Waals surface area (Å²) in [6, 6.07) is 7.93. The van der Waals surface area contributed by atoms with Crippen molar-refractivity contribution in [3.63, 3.8) is 0 Å². The molecule has 0 amide bonds. The number of halogens is 2. The van der Waals surface area contributed by atoms with Gasteiger partial charge in [0, 0.05) is 23.5 Å². The minimum atomic E-state index is -1.22. The summed E-state index contributed by atoms with van der Waals surface area (Å²) in [6.07, 6.45) is 0.904. The monoisotopic (exact) mass is 315 g/mol. The summed E-state index contributed by atoms with van der Waals surface area (Å²) in [5, 5.41) is 3.30. The van der Waals surface area contributed by atoms with Gasteiger partial charge in [0.05, 0.1) is 13.2 Å². The van der Waals surface area contributed by atoms with Crippen LogP contribution in [0.3, 0.4) is 0 Å². The van der Waals surface area contributed by atoms with E-state index in [9.17, 15) is 4.39 Å². The molecule has 0 radical (unpaired) electrons. The molecule has 0 saturated carbocycles. The van der Waals surface area contributed by atoms with Crippen LogP contribution in [0, 0.1) is 0 Å². The summed E-state index contributed by atoms with van der Waals surface area (Å²) in [4.78, 5) is 0. The standard InChI is InChI=1S/C14H19BrFNO/c1-14(16,9-12-10-18-7-6-17-12)8-11-4-2-3-5-13(11)15/h2-5,12,17H,6-10H2,1H3. The van der Waals surface area contributed by atoms with E-state index in [2.05, 4.69) is 21.2 Å². The second-order valence-electron chi connectivity index (χ2n) is 5.11. The summed E-state index contributed by atoms with van der Waals surface area (Å²) in [6.45, 7) is 3.82. The summed E-state index contributed by atoms with van der Waals surface area (Å²) >= 11 is 3.47. The molecule has 2 unspecified atom stereocenters. The largest absolute Gasteiger partial charge is 0.379 e. The first kappa shape index (κ1) is 14.0. The van der Waals surface area contributed by atoms with E-state index in [1.54, 1.807) is 6.92 Å². The van der Waals surface area contributed by atoms with E-state index >= 15 is 0 Å². The summed E-state index contributed by atoms with van der Waals surface area (Å²) in [7, 11) is 0. The van der Waals surface area contributed by atoms with Crippen molar-refractivity contribution in [1.29, 1.82) is 0 Å². The van der Waals surface area contributed by atoms with Crippen LogP contribution in [0.15, 0.2) is 28.7 Å². The van der Waals surface area contributed by atoms with Crippen LogP contribution in [0.1, 0.15) is 18.9 Å². The number of ether oxygens (including phenoxy) is 1. The van der Waals surface area contributed by atoms with Crippen molar-refractivity contribution in [3.05, 3.63) is 34.3 Å². The first-order valence-corrected chi connectivity index (χ1v) is 7.10. The molecule has 1 aliphatic rings. The number of nitrogens with one attached hydrogen (secondary N) is 1. The molecule has 0 bridgehead atoms. The van der Waals surface area contributed by atoms with E-state index < -0.39 is 5.67 Å². The van der Waals surface area contributed by atoms with Gasteiger partial charge in [0.25, 0.3) is 0 Å². The molecule has 2 atom stereocenters. The fourth-order valence-corrected chi connectivity index (χ4v) is 2.80. The van der Waals surface area contributed by atoms with Crippen molar-refractivity contribution < 1.29 is 9.13 Å². The van der Waals surface area contributed by atoms with Crippen LogP contribution in [0.5, 0.6) is 0 Å². The first-order chi connectivity index (χ1) is 8.57. The maximum atomic E-state index is 14.6. The third-order valence-electron chi connectivity index (χ3n) is 3.19. The van der Waals surface area contributed by atoms with Crippen LogP contribution in [-0.2, 0) is 11.2 Å². The number of hydrogen-bond donors (Lipinski definition) is 1. The van der Waals surface area contributed by atoms with Gasteiger partial charge < -0.3 is 10.1 Å². The van der Waals surface area contributed by atoms with E-state index in [0.717, 1.165) is 23.2 Å². The lowest BCUT2D eigenvalue weighted by atomic mass is 9.91. The Morgan fingerprint density at radius 3 is 2.94 bits per heavy atom. The molecule has 1 aromatic carbocycles. The van der Waals surface area contributed by atoms with E-state index in [-0.39, 0.29) is 6.04 Å². The molecule has 1 saturated heterocycles. The number of rotatable bonds is 4. The molecule has 2 nitrogen and oxygen atoms in total. The molecule has 1 aliphatic heterocycles. The minimum Gasteiger partial charge on any atom is -0.379 e. The highest BCUT2D eigenvalue weighted by molar-refractivity contribution is 9.10. The highest BCUT2D eigenvalue weighted by Crippen LogP contribution is 2.27. The Morgan fingerprint density at radius 2 is 2.28 bits per heavy atom. The molecule has 1 heterocycles. The van der Waals surface area contributed by atoms with Crippen molar-refractivity contribution in [3.8, 4) is 0 Å². The maximum Gasteiger partial charge on any atom is 0.113 e. The Bertz CT molecular complexity index is 391. The van der Waals surface area contributed by atoms with Gasteiger partial charge in [0.2, 0.25) is 0 Å². The summed E-state index contributed by atoms with van der Waals surface area (Å²) in [5.41, 5.74) is -0.207. The van der Waals surface area contributed by atoms with Crippen molar-refractivity contribution in [2.45, 2.75) is 31.5 Å². The molecular formula is C14H19BrFNO. The SMILES string of the molecule is CC(F)(Cc1ccccc1Br)CC1COCCN1. The normalized spacial score (nSPS) is 23.6. The van der Waals surface area contributed by atoms with Gasteiger partial charge in [-0.3, -0.25) is 0 Å². The number of morpholine rings is 1. The Kier molecular flexibility index (Phi) is 4.76. The molecule has 0 aliphatic carbocycles. The van der Waals surface area contributed by atoms with Gasteiger partial charge in [-0.15, -0.1) is 0 Å². The lowest BCUT2D eigenvalue weighted by Crippen LogP contribution is -2.45. The predicted octanol–water partition coefficient (Wildman–Crippen LogP) is 3.10. The summed E-state index contributed by atoms with van der Waals surface area (Å²) in [5.74, 6) is 0. The van der Waals surface area contributed by atoms with Gasteiger partial charge in [-0.25, -0.2) is 4.39 Å². The maximum absolute atomic E-state index is 14.6. The van der Waals surface area contributed by atoms with Crippen LogP contribution in [0.25, 0.3) is 0 Å². The zero-order valence-corrected chi connectivity index (χ0v) is 12.2. The average molecular weight is 316 g/mol. The number of alkyl halides is 1. The highest BCUT2D eigenvalue weighted by atomic mass is 79.9. The van der Waals surface area contributed by atoms with Crippen LogP contribution < -0.4 is 5.32 Å². The van der Waals surface area contributed by atoms with Gasteiger partial charge in [-0.1, -0.05) is 34.1 Å². The van der Waals surface area contributed by atoms with E-state index in [1.807, 2.05) is 24.3 Å². The lowest BCUT2D eigenvalue weighted by molar-refractivity contribution is 0.0483. The predicted molar refractivity (Wildman–Crippen MR) is 74.6 cm³/mol. The zero-order valence-electron chi connectivity index (χ0n) is 10.6. The topological polar surface area (TPSA) is 21.3 Å². The van der Waals surface area contributed by atoms with Gasteiger partial charge in [-0.05, 0) is 25.0 Å². The van der Waals surface area contributed by atoms with E-state index in [4.69, 9.17) is 4.74 Å². The molecule has 1 aromatic rings. The van der Waals surface area contributed by atoms with Crippen LogP contribution in [0.4, 0.5) is 4.39 Å². The van der Waals surface area contributed by atoms with Crippen LogP contribution >= 0.6 is 15.9 Å². The molecule has 0 spiro atoms. The van der Waals surface area contributed by atoms with Crippen LogP contribution in [0.2, 0.25) is 0 Å². The Hall–Kier alpha value is -0.450. The van der Waals surface area contributed by atoms with Gasteiger partial charge >= 0.3 is 0 Å². The molecule has 4 heteroatoms. The van der Waals surface area contributed by atoms with Gasteiger partial charge in [0.15, 0.2) is 0 Å². The smallest absolute Gasteiger partial charge is 0.113 e. The Balaban J connectivity index is 1.96. The van der Waals surface area contributed by atoms with E-state index in [1.165, 1.54) is 0 Å². The quantitative estimate of drug-likeness (QED) is 0.922. The fourth-order valence-electron chi connectivity index (χ4n) is 2.38. The minimum absolute atomic E-state index is 0.122. The zero-order chi connectivity index (χ0) is 13.0. The molecular weight excluding hydrogens is 297 g/mol.